The number of fused-ring (bicyclic) bond motifs is 1. The topological polar surface area (TPSA) is 30.0 Å². The van der Waals surface area contributed by atoms with Crippen molar-refractivity contribution in [3.63, 3.8) is 0 Å². The minimum atomic E-state index is 0.178. The van der Waals surface area contributed by atoms with Gasteiger partial charge in [-0.05, 0) is 24.5 Å². The van der Waals surface area contributed by atoms with Crippen LogP contribution in [0.1, 0.15) is 28.9 Å². The third kappa shape index (κ3) is 1.18. The van der Waals surface area contributed by atoms with Crippen LogP contribution in [-0.4, -0.2) is 10.8 Å². The summed E-state index contributed by atoms with van der Waals surface area (Å²) in [5.74, 6) is 0.178. The Balaban J connectivity index is 2.59. The SMILES string of the molecule is O=C1CCCc2c(Br)ccnc21. The third-order valence-electron chi connectivity index (χ3n) is 2.09. The molecule has 0 spiro atoms. The lowest BCUT2D eigenvalue weighted by Gasteiger charge is -2.13. The largest absolute Gasteiger partial charge is 0.292 e. The average Bonchev–Trinajstić information content (AvgIpc) is 2.07. The highest BCUT2D eigenvalue weighted by molar-refractivity contribution is 9.10. The maximum atomic E-state index is 11.4. The van der Waals surface area contributed by atoms with Gasteiger partial charge in [-0.15, -0.1) is 0 Å². The molecule has 2 nitrogen and oxygen atoms in total. The fraction of sp³-hybridized carbons (Fsp3) is 0.333. The van der Waals surface area contributed by atoms with Crippen LogP contribution in [0.15, 0.2) is 16.7 Å². The third-order valence-corrected chi connectivity index (χ3v) is 2.84. The fourth-order valence-corrected chi connectivity index (χ4v) is 2.00. The number of hydrogen-bond acceptors (Lipinski definition) is 2. The number of hydrogen-bond donors (Lipinski definition) is 0. The van der Waals surface area contributed by atoms with Gasteiger partial charge in [-0.25, -0.2) is 0 Å². The molecule has 1 aliphatic carbocycles. The van der Waals surface area contributed by atoms with Crippen molar-refractivity contribution in [3.8, 4) is 0 Å². The van der Waals surface area contributed by atoms with Gasteiger partial charge in [-0.3, -0.25) is 9.78 Å². The summed E-state index contributed by atoms with van der Waals surface area (Å²) in [7, 11) is 0. The van der Waals surface area contributed by atoms with E-state index in [2.05, 4.69) is 20.9 Å². The molecule has 0 fully saturated rings. The van der Waals surface area contributed by atoms with Gasteiger partial charge in [-0.2, -0.15) is 0 Å². The van der Waals surface area contributed by atoms with Crippen molar-refractivity contribution in [2.45, 2.75) is 19.3 Å². The summed E-state index contributed by atoms with van der Waals surface area (Å²) in [4.78, 5) is 15.4. The van der Waals surface area contributed by atoms with E-state index in [1.165, 1.54) is 0 Å². The van der Waals surface area contributed by atoms with Crippen LogP contribution in [0.4, 0.5) is 0 Å². The van der Waals surface area contributed by atoms with E-state index in [1.54, 1.807) is 6.20 Å². The van der Waals surface area contributed by atoms with Crippen LogP contribution in [0.25, 0.3) is 0 Å². The zero-order valence-electron chi connectivity index (χ0n) is 6.51. The van der Waals surface area contributed by atoms with E-state index in [0.29, 0.717) is 12.1 Å². The molecule has 1 aromatic heterocycles. The van der Waals surface area contributed by atoms with Crippen molar-refractivity contribution in [1.82, 2.24) is 4.98 Å². The summed E-state index contributed by atoms with van der Waals surface area (Å²) in [5, 5.41) is 0. The molecule has 0 atom stereocenters. The molecule has 3 heteroatoms. The van der Waals surface area contributed by atoms with Gasteiger partial charge >= 0.3 is 0 Å². The van der Waals surface area contributed by atoms with Gasteiger partial charge in [0, 0.05) is 17.1 Å². The van der Waals surface area contributed by atoms with Crippen LogP contribution in [0.3, 0.4) is 0 Å². The van der Waals surface area contributed by atoms with Gasteiger partial charge in [0.1, 0.15) is 5.69 Å². The standard InChI is InChI=1S/C9H8BrNO/c10-7-4-5-11-9-6(7)2-1-3-8(9)12/h4-5H,1-3H2. The average molecular weight is 226 g/mol. The van der Waals surface area contributed by atoms with Gasteiger partial charge in [0.2, 0.25) is 0 Å². The number of nitrogens with zero attached hydrogens (tertiary/aromatic N) is 1. The molecule has 0 radical (unpaired) electrons. The Morgan fingerprint density at radius 1 is 1.42 bits per heavy atom. The van der Waals surface area contributed by atoms with Crippen LogP contribution in [-0.2, 0) is 6.42 Å². The predicted molar refractivity (Wildman–Crippen MR) is 49.2 cm³/mol. The number of ketones is 1. The second-order valence-electron chi connectivity index (χ2n) is 2.90. The van der Waals surface area contributed by atoms with Crippen LogP contribution in [0.2, 0.25) is 0 Å². The van der Waals surface area contributed by atoms with E-state index in [1.807, 2.05) is 6.07 Å². The van der Waals surface area contributed by atoms with E-state index in [4.69, 9.17) is 0 Å². The minimum Gasteiger partial charge on any atom is -0.292 e. The predicted octanol–water partition coefficient (Wildman–Crippen LogP) is 2.36. The number of halogens is 1. The Hall–Kier alpha value is -0.700. The van der Waals surface area contributed by atoms with E-state index >= 15 is 0 Å². The lowest BCUT2D eigenvalue weighted by molar-refractivity contribution is 0.0967. The Bertz CT molecular complexity index is 335. The van der Waals surface area contributed by atoms with E-state index in [-0.39, 0.29) is 5.78 Å². The summed E-state index contributed by atoms with van der Waals surface area (Å²) < 4.78 is 1.01. The second-order valence-corrected chi connectivity index (χ2v) is 3.75. The van der Waals surface area contributed by atoms with Crippen molar-refractivity contribution in [1.29, 1.82) is 0 Å². The molecule has 2 rings (SSSR count). The maximum Gasteiger partial charge on any atom is 0.181 e. The molecule has 0 aliphatic heterocycles. The number of Topliss-reactive ketones (excluding diaryl/α,β-unsaturated/α-hetero) is 1. The van der Waals surface area contributed by atoms with Gasteiger partial charge in [-0.1, -0.05) is 15.9 Å². The van der Waals surface area contributed by atoms with Crippen molar-refractivity contribution < 1.29 is 4.79 Å². The molecule has 1 aliphatic rings. The summed E-state index contributed by atoms with van der Waals surface area (Å²) in [6.07, 6.45) is 4.24. The van der Waals surface area contributed by atoms with Crippen molar-refractivity contribution in [3.05, 3.63) is 28.0 Å². The van der Waals surface area contributed by atoms with Gasteiger partial charge < -0.3 is 0 Å². The van der Waals surface area contributed by atoms with Crippen LogP contribution >= 0.6 is 15.9 Å². The minimum absolute atomic E-state index is 0.178. The Morgan fingerprint density at radius 2 is 2.25 bits per heavy atom. The maximum absolute atomic E-state index is 11.4. The van der Waals surface area contributed by atoms with Crippen LogP contribution < -0.4 is 0 Å². The first-order chi connectivity index (χ1) is 5.79. The highest BCUT2D eigenvalue weighted by atomic mass is 79.9. The zero-order valence-corrected chi connectivity index (χ0v) is 8.10. The summed E-state index contributed by atoms with van der Waals surface area (Å²) in [5.41, 5.74) is 1.74. The molecular weight excluding hydrogens is 218 g/mol. The highest BCUT2D eigenvalue weighted by Crippen LogP contribution is 2.25. The van der Waals surface area contributed by atoms with Gasteiger partial charge in [0.25, 0.3) is 0 Å². The van der Waals surface area contributed by atoms with Gasteiger partial charge in [0.15, 0.2) is 5.78 Å². The number of pyridine rings is 1. The monoisotopic (exact) mass is 225 g/mol. The first kappa shape index (κ1) is 7.92. The fourth-order valence-electron chi connectivity index (χ4n) is 1.49. The molecule has 0 aromatic carbocycles. The van der Waals surface area contributed by atoms with Crippen LogP contribution in [0, 0.1) is 0 Å². The molecule has 0 unspecified atom stereocenters. The molecule has 62 valence electrons. The summed E-state index contributed by atoms with van der Waals surface area (Å²) in [6, 6.07) is 1.89. The van der Waals surface area contributed by atoms with E-state index < -0.39 is 0 Å². The Labute approximate surface area is 79.1 Å². The zero-order chi connectivity index (χ0) is 8.55. The molecule has 0 bridgehead atoms. The number of carbonyl (C=O) groups excluding carboxylic acids is 1. The van der Waals surface area contributed by atoms with E-state index in [0.717, 1.165) is 22.9 Å². The van der Waals surface area contributed by atoms with Gasteiger partial charge in [0.05, 0.1) is 0 Å². The van der Waals surface area contributed by atoms with Crippen LogP contribution in [0.5, 0.6) is 0 Å². The number of carbonyl (C=O) groups is 1. The first-order valence-electron chi connectivity index (χ1n) is 3.95. The quantitative estimate of drug-likeness (QED) is 0.679. The highest BCUT2D eigenvalue weighted by Gasteiger charge is 2.19. The molecule has 0 saturated carbocycles. The smallest absolute Gasteiger partial charge is 0.181 e. The lowest BCUT2D eigenvalue weighted by Crippen LogP contribution is -2.13. The Kier molecular flexibility index (Phi) is 1.97. The van der Waals surface area contributed by atoms with E-state index in [9.17, 15) is 4.79 Å². The summed E-state index contributed by atoms with van der Waals surface area (Å²) >= 11 is 3.42. The van der Waals surface area contributed by atoms with Crippen molar-refractivity contribution in [2.24, 2.45) is 0 Å². The molecule has 0 N–H and O–H groups in total. The van der Waals surface area contributed by atoms with Crippen molar-refractivity contribution >= 4 is 21.7 Å². The molecule has 12 heavy (non-hydrogen) atoms. The first-order valence-corrected chi connectivity index (χ1v) is 4.75. The second kappa shape index (κ2) is 2.98. The summed E-state index contributed by atoms with van der Waals surface area (Å²) in [6.45, 7) is 0. The molecular formula is C9H8BrNO. The Morgan fingerprint density at radius 3 is 3.00 bits per heavy atom. The number of aromatic nitrogens is 1. The molecule has 1 aromatic rings. The normalized spacial score (nSPS) is 15.9. The molecule has 0 amide bonds. The molecule has 1 heterocycles. The molecule has 0 saturated heterocycles. The lowest BCUT2D eigenvalue weighted by atomic mass is 9.95. The van der Waals surface area contributed by atoms with Crippen molar-refractivity contribution in [2.75, 3.05) is 0 Å². The number of rotatable bonds is 0.